The minimum Gasteiger partial charge on any atom is -0.495 e. The van der Waals surface area contributed by atoms with E-state index in [1.54, 1.807) is 13.3 Å². The van der Waals surface area contributed by atoms with Gasteiger partial charge in [0.2, 0.25) is 0 Å². The van der Waals surface area contributed by atoms with Crippen molar-refractivity contribution in [3.05, 3.63) is 53.3 Å². The van der Waals surface area contributed by atoms with Crippen molar-refractivity contribution in [3.63, 3.8) is 0 Å². The van der Waals surface area contributed by atoms with E-state index in [9.17, 15) is 5.11 Å². The van der Waals surface area contributed by atoms with Crippen LogP contribution in [0.5, 0.6) is 5.75 Å². The fraction of sp³-hybridized carbons (Fsp3) is 0.250. The Hall–Kier alpha value is -2.40. The second-order valence-corrected chi connectivity index (χ2v) is 5.33. The standard InChI is InChI=1S/C16H15N3O2/c1-21-14-7-11-12(8-17-19-11)18-16(14)15-10-5-3-2-4-9(10)6-13(15)20/h2-5,7-8,13,15,20H,6H2,1H3,(H,17,19). The maximum Gasteiger partial charge on any atom is 0.143 e. The molecule has 5 nitrogen and oxygen atoms in total. The Bertz CT molecular complexity index is 812. The number of aliphatic hydroxyl groups is 1. The molecule has 2 aromatic heterocycles. The van der Waals surface area contributed by atoms with E-state index in [0.717, 1.165) is 22.3 Å². The van der Waals surface area contributed by atoms with E-state index in [4.69, 9.17) is 4.74 Å². The van der Waals surface area contributed by atoms with E-state index in [1.165, 1.54) is 5.56 Å². The van der Waals surface area contributed by atoms with Gasteiger partial charge in [-0.2, -0.15) is 5.10 Å². The summed E-state index contributed by atoms with van der Waals surface area (Å²) in [6, 6.07) is 9.99. The van der Waals surface area contributed by atoms with Gasteiger partial charge in [0, 0.05) is 6.07 Å². The first-order valence-corrected chi connectivity index (χ1v) is 6.92. The highest BCUT2D eigenvalue weighted by Gasteiger charge is 2.35. The van der Waals surface area contributed by atoms with Crippen molar-refractivity contribution in [2.24, 2.45) is 0 Å². The predicted octanol–water partition coefficient (Wildman–Crippen LogP) is 2.02. The van der Waals surface area contributed by atoms with Crippen LogP contribution in [0.4, 0.5) is 0 Å². The molecule has 0 spiro atoms. The Morgan fingerprint density at radius 2 is 2.19 bits per heavy atom. The first-order chi connectivity index (χ1) is 10.3. The van der Waals surface area contributed by atoms with Gasteiger partial charge in [-0.15, -0.1) is 0 Å². The second kappa shape index (κ2) is 4.56. The summed E-state index contributed by atoms with van der Waals surface area (Å²) >= 11 is 0. The van der Waals surface area contributed by atoms with Crippen LogP contribution in [-0.4, -0.2) is 33.5 Å². The molecule has 0 aliphatic heterocycles. The zero-order valence-corrected chi connectivity index (χ0v) is 11.6. The van der Waals surface area contributed by atoms with Crippen molar-refractivity contribution in [2.45, 2.75) is 18.4 Å². The average molecular weight is 281 g/mol. The number of hydrogen-bond acceptors (Lipinski definition) is 4. The minimum atomic E-state index is -0.479. The number of methoxy groups -OCH3 is 1. The third-order valence-corrected chi connectivity index (χ3v) is 4.14. The summed E-state index contributed by atoms with van der Waals surface area (Å²) in [5.41, 5.74) is 4.67. The van der Waals surface area contributed by atoms with Crippen LogP contribution < -0.4 is 4.74 Å². The van der Waals surface area contributed by atoms with Gasteiger partial charge in [-0.25, -0.2) is 4.98 Å². The van der Waals surface area contributed by atoms with Crippen molar-refractivity contribution >= 4 is 11.0 Å². The quantitative estimate of drug-likeness (QED) is 0.754. The third kappa shape index (κ3) is 1.81. The first kappa shape index (κ1) is 12.3. The molecular formula is C16H15N3O2. The van der Waals surface area contributed by atoms with Crippen LogP contribution in [0.2, 0.25) is 0 Å². The molecule has 0 radical (unpaired) electrons. The number of aliphatic hydroxyl groups excluding tert-OH is 1. The zero-order chi connectivity index (χ0) is 14.4. The normalized spacial score (nSPS) is 20.7. The van der Waals surface area contributed by atoms with Gasteiger partial charge in [-0.3, -0.25) is 5.10 Å². The number of fused-ring (bicyclic) bond motifs is 2. The molecule has 0 bridgehead atoms. The molecule has 2 unspecified atom stereocenters. The summed E-state index contributed by atoms with van der Waals surface area (Å²) < 4.78 is 5.48. The summed E-state index contributed by atoms with van der Waals surface area (Å²) in [5.74, 6) is 0.517. The summed E-state index contributed by atoms with van der Waals surface area (Å²) in [6.45, 7) is 0. The number of rotatable bonds is 2. The predicted molar refractivity (Wildman–Crippen MR) is 78.4 cm³/mol. The molecule has 1 aromatic carbocycles. The third-order valence-electron chi connectivity index (χ3n) is 4.14. The Balaban J connectivity index is 1.93. The molecule has 0 fully saturated rings. The Kier molecular flexibility index (Phi) is 2.68. The topological polar surface area (TPSA) is 71.0 Å². The Morgan fingerprint density at radius 3 is 3.05 bits per heavy atom. The van der Waals surface area contributed by atoms with Crippen LogP contribution in [0.15, 0.2) is 36.5 Å². The monoisotopic (exact) mass is 281 g/mol. The van der Waals surface area contributed by atoms with Crippen molar-refractivity contribution in [1.82, 2.24) is 15.2 Å². The van der Waals surface area contributed by atoms with E-state index in [2.05, 4.69) is 27.3 Å². The maximum atomic E-state index is 10.5. The molecule has 4 rings (SSSR count). The Morgan fingerprint density at radius 1 is 1.33 bits per heavy atom. The van der Waals surface area contributed by atoms with Crippen LogP contribution in [0.1, 0.15) is 22.7 Å². The van der Waals surface area contributed by atoms with Gasteiger partial charge < -0.3 is 9.84 Å². The van der Waals surface area contributed by atoms with E-state index in [0.29, 0.717) is 12.2 Å². The second-order valence-electron chi connectivity index (χ2n) is 5.33. The molecule has 21 heavy (non-hydrogen) atoms. The number of ether oxygens (including phenoxy) is 1. The number of nitrogens with one attached hydrogen (secondary N) is 1. The van der Waals surface area contributed by atoms with Crippen LogP contribution in [0.3, 0.4) is 0 Å². The average Bonchev–Trinajstić information content (AvgIpc) is 3.07. The number of benzene rings is 1. The van der Waals surface area contributed by atoms with E-state index in [-0.39, 0.29) is 5.92 Å². The fourth-order valence-electron chi connectivity index (χ4n) is 3.16. The van der Waals surface area contributed by atoms with Gasteiger partial charge in [0.1, 0.15) is 11.3 Å². The summed E-state index contributed by atoms with van der Waals surface area (Å²) in [4.78, 5) is 4.66. The van der Waals surface area contributed by atoms with Crippen LogP contribution in [-0.2, 0) is 6.42 Å². The number of hydrogen-bond donors (Lipinski definition) is 2. The van der Waals surface area contributed by atoms with Gasteiger partial charge in [0.15, 0.2) is 0 Å². The van der Waals surface area contributed by atoms with Gasteiger partial charge in [0.25, 0.3) is 0 Å². The number of pyridine rings is 1. The largest absolute Gasteiger partial charge is 0.495 e. The number of H-pyrrole nitrogens is 1. The molecule has 1 aliphatic carbocycles. The summed E-state index contributed by atoms with van der Waals surface area (Å²) in [5, 5.41) is 17.4. The smallest absolute Gasteiger partial charge is 0.143 e. The van der Waals surface area contributed by atoms with Crippen molar-refractivity contribution in [1.29, 1.82) is 0 Å². The van der Waals surface area contributed by atoms with Gasteiger partial charge in [0.05, 0.1) is 36.5 Å². The number of aromatic nitrogens is 3. The van der Waals surface area contributed by atoms with Crippen LogP contribution in [0, 0.1) is 0 Å². The molecule has 5 heteroatoms. The Labute approximate surface area is 121 Å². The van der Waals surface area contributed by atoms with Crippen LogP contribution >= 0.6 is 0 Å². The lowest BCUT2D eigenvalue weighted by Gasteiger charge is -2.18. The highest BCUT2D eigenvalue weighted by molar-refractivity contribution is 5.76. The van der Waals surface area contributed by atoms with Crippen molar-refractivity contribution < 1.29 is 9.84 Å². The zero-order valence-electron chi connectivity index (χ0n) is 11.6. The fourth-order valence-corrected chi connectivity index (χ4v) is 3.16. The van der Waals surface area contributed by atoms with Crippen molar-refractivity contribution in [2.75, 3.05) is 7.11 Å². The van der Waals surface area contributed by atoms with E-state index < -0.39 is 6.10 Å². The molecule has 3 aromatic rings. The minimum absolute atomic E-state index is 0.157. The molecular weight excluding hydrogens is 266 g/mol. The highest BCUT2D eigenvalue weighted by Crippen LogP contribution is 2.41. The maximum absolute atomic E-state index is 10.5. The number of aromatic amines is 1. The van der Waals surface area contributed by atoms with E-state index in [1.807, 2.05) is 18.2 Å². The summed E-state index contributed by atoms with van der Waals surface area (Å²) in [7, 11) is 1.62. The summed E-state index contributed by atoms with van der Waals surface area (Å²) in [6.07, 6.45) is 1.86. The van der Waals surface area contributed by atoms with Gasteiger partial charge in [-0.05, 0) is 17.5 Å². The lowest BCUT2D eigenvalue weighted by Crippen LogP contribution is -2.16. The number of nitrogens with zero attached hydrogens (tertiary/aromatic N) is 2. The molecule has 2 heterocycles. The van der Waals surface area contributed by atoms with Gasteiger partial charge in [-0.1, -0.05) is 24.3 Å². The molecule has 2 N–H and O–H groups in total. The lowest BCUT2D eigenvalue weighted by atomic mass is 9.94. The van der Waals surface area contributed by atoms with E-state index >= 15 is 0 Å². The van der Waals surface area contributed by atoms with Gasteiger partial charge >= 0.3 is 0 Å². The SMILES string of the molecule is COc1cc2[nH]ncc2nc1C1c2ccccc2CC1O. The molecule has 106 valence electrons. The highest BCUT2D eigenvalue weighted by atomic mass is 16.5. The molecule has 2 atom stereocenters. The molecule has 0 amide bonds. The van der Waals surface area contributed by atoms with Crippen LogP contribution in [0.25, 0.3) is 11.0 Å². The molecule has 1 aliphatic rings. The lowest BCUT2D eigenvalue weighted by molar-refractivity contribution is 0.167. The van der Waals surface area contributed by atoms with Crippen molar-refractivity contribution in [3.8, 4) is 5.75 Å². The molecule has 0 saturated carbocycles. The molecule has 0 saturated heterocycles. The first-order valence-electron chi connectivity index (χ1n) is 6.92.